The van der Waals surface area contributed by atoms with Crippen molar-refractivity contribution in [2.45, 2.75) is 26.4 Å². The third-order valence-corrected chi connectivity index (χ3v) is 4.02. The van der Waals surface area contributed by atoms with E-state index < -0.39 is 0 Å². The molecule has 3 aromatic carbocycles. The average Bonchev–Trinajstić information content (AvgIpc) is 2.53. The van der Waals surface area contributed by atoms with Crippen molar-refractivity contribution in [1.29, 1.82) is 0 Å². The van der Waals surface area contributed by atoms with Gasteiger partial charge in [0.05, 0.1) is 0 Å². The third kappa shape index (κ3) is 3.14. The zero-order valence-electron chi connectivity index (χ0n) is 12.6. The molecule has 1 nitrogen and oxygen atoms in total. The first kappa shape index (κ1) is 13.8. The fourth-order valence-electron chi connectivity index (χ4n) is 2.71. The lowest BCUT2D eigenvalue weighted by atomic mass is 9.99. The van der Waals surface area contributed by atoms with Gasteiger partial charge in [-0.25, -0.2) is 0 Å². The van der Waals surface area contributed by atoms with E-state index in [1.807, 2.05) is 0 Å². The second kappa shape index (κ2) is 6.11. The molecule has 0 spiro atoms. The minimum atomic E-state index is 0.331. The van der Waals surface area contributed by atoms with Crippen LogP contribution in [0, 0.1) is 6.92 Å². The molecule has 0 aromatic heterocycles. The molecule has 0 aliphatic carbocycles. The summed E-state index contributed by atoms with van der Waals surface area (Å²) >= 11 is 0. The molecule has 0 aliphatic rings. The summed E-state index contributed by atoms with van der Waals surface area (Å²) in [5.41, 5.74) is 3.99. The lowest BCUT2D eigenvalue weighted by molar-refractivity contribution is 0.578. The minimum Gasteiger partial charge on any atom is -0.306 e. The molecule has 3 rings (SSSR count). The van der Waals surface area contributed by atoms with E-state index >= 15 is 0 Å². The number of hydrogen-bond donors (Lipinski definition) is 1. The Balaban J connectivity index is 1.78. The maximum atomic E-state index is 3.63. The van der Waals surface area contributed by atoms with Crippen LogP contribution in [0.15, 0.2) is 66.7 Å². The molecular formula is C20H21N. The zero-order chi connectivity index (χ0) is 14.7. The summed E-state index contributed by atoms with van der Waals surface area (Å²) in [5.74, 6) is 0. The monoisotopic (exact) mass is 275 g/mol. The number of rotatable bonds is 4. The van der Waals surface area contributed by atoms with Gasteiger partial charge >= 0.3 is 0 Å². The Morgan fingerprint density at radius 1 is 0.857 bits per heavy atom. The van der Waals surface area contributed by atoms with E-state index in [0.29, 0.717) is 6.04 Å². The lowest BCUT2D eigenvalue weighted by Crippen LogP contribution is -2.18. The van der Waals surface area contributed by atoms with Crippen LogP contribution >= 0.6 is 0 Å². The van der Waals surface area contributed by atoms with E-state index in [1.54, 1.807) is 0 Å². The summed E-state index contributed by atoms with van der Waals surface area (Å²) in [6.45, 7) is 5.25. The molecule has 1 heteroatoms. The molecule has 106 valence electrons. The molecule has 21 heavy (non-hydrogen) atoms. The normalized spacial score (nSPS) is 12.5. The van der Waals surface area contributed by atoms with E-state index in [-0.39, 0.29) is 0 Å². The van der Waals surface area contributed by atoms with Gasteiger partial charge in [-0.1, -0.05) is 72.3 Å². The van der Waals surface area contributed by atoms with Crippen molar-refractivity contribution in [3.8, 4) is 0 Å². The molecule has 0 radical (unpaired) electrons. The standard InChI is InChI=1S/C20H21N/c1-15-10-12-17(13-11-15)14-21-16(2)19-9-5-7-18-6-3-4-8-20(18)19/h3-13,16,21H,14H2,1-2H3/t16-/m1/s1. The molecule has 3 aromatic rings. The van der Waals surface area contributed by atoms with E-state index in [2.05, 4.69) is 85.9 Å². The highest BCUT2D eigenvalue weighted by Crippen LogP contribution is 2.24. The van der Waals surface area contributed by atoms with Gasteiger partial charge in [-0.2, -0.15) is 0 Å². The van der Waals surface area contributed by atoms with Crippen LogP contribution < -0.4 is 5.32 Å². The molecule has 0 saturated heterocycles. The molecule has 1 N–H and O–H groups in total. The van der Waals surface area contributed by atoms with Crippen LogP contribution in [0.1, 0.15) is 29.7 Å². The average molecular weight is 275 g/mol. The van der Waals surface area contributed by atoms with Gasteiger partial charge in [-0.05, 0) is 35.7 Å². The largest absolute Gasteiger partial charge is 0.306 e. The molecule has 0 unspecified atom stereocenters. The van der Waals surface area contributed by atoms with Crippen molar-refractivity contribution >= 4 is 10.8 Å². The van der Waals surface area contributed by atoms with Crippen LogP contribution in [0.3, 0.4) is 0 Å². The Morgan fingerprint density at radius 3 is 2.38 bits per heavy atom. The molecule has 1 atom stereocenters. The molecule has 0 bridgehead atoms. The van der Waals surface area contributed by atoms with Crippen LogP contribution in [0.4, 0.5) is 0 Å². The van der Waals surface area contributed by atoms with Crippen molar-refractivity contribution < 1.29 is 0 Å². The van der Waals surface area contributed by atoms with Gasteiger partial charge in [-0.3, -0.25) is 0 Å². The van der Waals surface area contributed by atoms with Gasteiger partial charge in [0.25, 0.3) is 0 Å². The van der Waals surface area contributed by atoms with Crippen molar-refractivity contribution in [1.82, 2.24) is 5.32 Å². The summed E-state index contributed by atoms with van der Waals surface area (Å²) in [6.07, 6.45) is 0. The van der Waals surface area contributed by atoms with E-state index in [4.69, 9.17) is 0 Å². The van der Waals surface area contributed by atoms with Crippen molar-refractivity contribution in [3.63, 3.8) is 0 Å². The Kier molecular flexibility index (Phi) is 4.03. The van der Waals surface area contributed by atoms with Gasteiger partial charge in [0.2, 0.25) is 0 Å². The smallest absolute Gasteiger partial charge is 0.0301 e. The molecule has 0 aliphatic heterocycles. The zero-order valence-corrected chi connectivity index (χ0v) is 12.6. The van der Waals surface area contributed by atoms with Crippen molar-refractivity contribution in [2.24, 2.45) is 0 Å². The SMILES string of the molecule is Cc1ccc(CN[C@H](C)c2cccc3ccccc23)cc1. The van der Waals surface area contributed by atoms with Crippen molar-refractivity contribution in [3.05, 3.63) is 83.4 Å². The molecule has 0 amide bonds. The first-order chi connectivity index (χ1) is 10.2. The van der Waals surface area contributed by atoms with Crippen LogP contribution in [0.25, 0.3) is 10.8 Å². The van der Waals surface area contributed by atoms with Gasteiger partial charge in [-0.15, -0.1) is 0 Å². The number of benzene rings is 3. The molecule has 0 fully saturated rings. The van der Waals surface area contributed by atoms with Crippen LogP contribution in [0.2, 0.25) is 0 Å². The highest BCUT2D eigenvalue weighted by atomic mass is 14.9. The van der Waals surface area contributed by atoms with Gasteiger partial charge in [0, 0.05) is 12.6 Å². The van der Waals surface area contributed by atoms with Crippen molar-refractivity contribution in [2.75, 3.05) is 0 Å². The fourth-order valence-corrected chi connectivity index (χ4v) is 2.71. The van der Waals surface area contributed by atoms with Gasteiger partial charge in [0.1, 0.15) is 0 Å². The highest BCUT2D eigenvalue weighted by Gasteiger charge is 2.08. The predicted molar refractivity (Wildman–Crippen MR) is 90.4 cm³/mol. The van der Waals surface area contributed by atoms with Crippen LogP contribution in [-0.2, 0) is 6.54 Å². The van der Waals surface area contributed by atoms with Gasteiger partial charge < -0.3 is 5.32 Å². The Morgan fingerprint density at radius 2 is 1.57 bits per heavy atom. The summed E-state index contributed by atoms with van der Waals surface area (Å²) in [4.78, 5) is 0. The number of nitrogens with one attached hydrogen (secondary N) is 1. The van der Waals surface area contributed by atoms with Crippen LogP contribution in [0.5, 0.6) is 0 Å². The Hall–Kier alpha value is -2.12. The highest BCUT2D eigenvalue weighted by molar-refractivity contribution is 5.86. The minimum absolute atomic E-state index is 0.331. The molecular weight excluding hydrogens is 254 g/mol. The first-order valence-corrected chi connectivity index (χ1v) is 7.50. The second-order valence-electron chi connectivity index (χ2n) is 5.66. The maximum absolute atomic E-state index is 3.63. The summed E-state index contributed by atoms with van der Waals surface area (Å²) < 4.78 is 0. The Bertz CT molecular complexity index is 723. The van der Waals surface area contributed by atoms with E-state index in [1.165, 1.54) is 27.5 Å². The number of fused-ring (bicyclic) bond motifs is 1. The predicted octanol–water partition coefficient (Wildman–Crippen LogP) is 5.00. The topological polar surface area (TPSA) is 12.0 Å². The third-order valence-electron chi connectivity index (χ3n) is 4.02. The summed E-state index contributed by atoms with van der Waals surface area (Å²) in [5, 5.41) is 6.27. The maximum Gasteiger partial charge on any atom is 0.0301 e. The van der Waals surface area contributed by atoms with Crippen LogP contribution in [-0.4, -0.2) is 0 Å². The molecule has 0 heterocycles. The summed E-state index contributed by atoms with van der Waals surface area (Å²) in [6, 6.07) is 24.2. The Labute approximate surface area is 126 Å². The molecule has 0 saturated carbocycles. The van der Waals surface area contributed by atoms with E-state index in [9.17, 15) is 0 Å². The lowest BCUT2D eigenvalue weighted by Gasteiger charge is -2.17. The van der Waals surface area contributed by atoms with Gasteiger partial charge in [0.15, 0.2) is 0 Å². The number of aryl methyl sites for hydroxylation is 1. The second-order valence-corrected chi connectivity index (χ2v) is 5.66. The fraction of sp³-hybridized carbons (Fsp3) is 0.200. The van der Waals surface area contributed by atoms with E-state index in [0.717, 1.165) is 6.54 Å². The first-order valence-electron chi connectivity index (χ1n) is 7.50. The summed E-state index contributed by atoms with van der Waals surface area (Å²) in [7, 11) is 0. The quantitative estimate of drug-likeness (QED) is 0.706. The number of hydrogen-bond acceptors (Lipinski definition) is 1.